The lowest BCUT2D eigenvalue weighted by Crippen LogP contribution is -2.44. The summed E-state index contributed by atoms with van der Waals surface area (Å²) in [5, 5.41) is 17.4. The van der Waals surface area contributed by atoms with Crippen molar-refractivity contribution in [1.29, 1.82) is 0 Å². The van der Waals surface area contributed by atoms with E-state index in [9.17, 15) is 9.59 Å². The Morgan fingerprint density at radius 2 is 2.17 bits per heavy atom. The van der Waals surface area contributed by atoms with Crippen LogP contribution in [0.25, 0.3) is 10.9 Å². The first kappa shape index (κ1) is 16.3. The van der Waals surface area contributed by atoms with Crippen LogP contribution in [0.2, 0.25) is 0 Å². The molecule has 2 N–H and O–H groups in total. The summed E-state index contributed by atoms with van der Waals surface area (Å²) in [7, 11) is 0. The van der Waals surface area contributed by atoms with Gasteiger partial charge in [-0.1, -0.05) is 0 Å². The van der Waals surface area contributed by atoms with E-state index in [2.05, 4.69) is 24.3 Å². The maximum absolute atomic E-state index is 12.4. The molecule has 1 aromatic heterocycles. The Bertz CT molecular complexity index is 768. The van der Waals surface area contributed by atoms with Crippen LogP contribution >= 0.6 is 0 Å². The highest BCUT2D eigenvalue weighted by atomic mass is 16.4. The van der Waals surface area contributed by atoms with Crippen LogP contribution in [0, 0.1) is 5.92 Å². The van der Waals surface area contributed by atoms with Gasteiger partial charge in [-0.25, -0.2) is 4.79 Å². The van der Waals surface area contributed by atoms with E-state index < -0.39 is 11.9 Å². The standard InChI is InChI=1S/C17H22N4O3/c1-11(2)21-15-8-14(6-5-12(15)9-18-21)19-17(24)20-7-3-4-13(10-20)16(22)23/h5-6,8-9,11,13H,3-4,7,10H2,1-2H3,(H,19,24)(H,22,23). The van der Waals surface area contributed by atoms with E-state index in [0.717, 1.165) is 10.9 Å². The van der Waals surface area contributed by atoms with E-state index in [0.29, 0.717) is 25.1 Å². The Hall–Kier alpha value is -2.57. The molecule has 128 valence electrons. The SMILES string of the molecule is CC(C)n1ncc2ccc(NC(=O)N3CCCC(C(=O)O)C3)cc21. The number of nitrogens with one attached hydrogen (secondary N) is 1. The Morgan fingerprint density at radius 1 is 1.38 bits per heavy atom. The van der Waals surface area contributed by atoms with Gasteiger partial charge in [0.25, 0.3) is 0 Å². The van der Waals surface area contributed by atoms with Crippen LogP contribution in [-0.2, 0) is 4.79 Å². The molecule has 1 aromatic carbocycles. The number of aromatic nitrogens is 2. The molecule has 7 heteroatoms. The van der Waals surface area contributed by atoms with Gasteiger partial charge in [0.05, 0.1) is 17.6 Å². The van der Waals surface area contributed by atoms with Crippen LogP contribution in [-0.4, -0.2) is 44.9 Å². The molecule has 1 fully saturated rings. The number of aliphatic carboxylic acids is 1. The van der Waals surface area contributed by atoms with Crippen LogP contribution < -0.4 is 5.32 Å². The summed E-state index contributed by atoms with van der Waals surface area (Å²) in [5.41, 5.74) is 1.65. The molecular formula is C17H22N4O3. The molecule has 2 heterocycles. The van der Waals surface area contributed by atoms with Crippen molar-refractivity contribution < 1.29 is 14.7 Å². The highest BCUT2D eigenvalue weighted by molar-refractivity contribution is 5.93. The van der Waals surface area contributed by atoms with Crippen LogP contribution in [0.15, 0.2) is 24.4 Å². The summed E-state index contributed by atoms with van der Waals surface area (Å²) in [6.45, 7) is 4.95. The zero-order valence-corrected chi connectivity index (χ0v) is 13.9. The molecule has 0 radical (unpaired) electrons. The number of amides is 2. The van der Waals surface area contributed by atoms with E-state index in [4.69, 9.17) is 5.11 Å². The third-order valence-corrected chi connectivity index (χ3v) is 4.40. The lowest BCUT2D eigenvalue weighted by molar-refractivity contribution is -0.143. The number of carboxylic acids is 1. The van der Waals surface area contributed by atoms with Crippen LogP contribution in [0.1, 0.15) is 32.7 Å². The van der Waals surface area contributed by atoms with Gasteiger partial charge in [-0.3, -0.25) is 9.48 Å². The Balaban J connectivity index is 1.75. The van der Waals surface area contributed by atoms with E-state index in [1.807, 2.05) is 29.1 Å². The van der Waals surface area contributed by atoms with E-state index in [1.165, 1.54) is 0 Å². The van der Waals surface area contributed by atoms with Crippen LogP contribution in [0.4, 0.5) is 10.5 Å². The van der Waals surface area contributed by atoms with Gasteiger partial charge < -0.3 is 15.3 Å². The largest absolute Gasteiger partial charge is 0.481 e. The van der Waals surface area contributed by atoms with Crippen LogP contribution in [0.5, 0.6) is 0 Å². The van der Waals surface area contributed by atoms with Gasteiger partial charge in [-0.15, -0.1) is 0 Å². The van der Waals surface area contributed by atoms with Crippen molar-refractivity contribution >= 4 is 28.6 Å². The highest BCUT2D eigenvalue weighted by Crippen LogP contribution is 2.23. The van der Waals surface area contributed by atoms with Gasteiger partial charge in [-0.05, 0) is 44.9 Å². The summed E-state index contributed by atoms with van der Waals surface area (Å²) in [4.78, 5) is 25.1. The monoisotopic (exact) mass is 330 g/mol. The first-order valence-electron chi connectivity index (χ1n) is 8.21. The predicted octanol–water partition coefficient (Wildman–Crippen LogP) is 2.95. The van der Waals surface area contributed by atoms with E-state index in [1.54, 1.807) is 4.90 Å². The van der Waals surface area contributed by atoms with Crippen molar-refractivity contribution in [2.75, 3.05) is 18.4 Å². The zero-order chi connectivity index (χ0) is 17.3. The molecule has 0 bridgehead atoms. The average molecular weight is 330 g/mol. The third-order valence-electron chi connectivity index (χ3n) is 4.40. The summed E-state index contributed by atoms with van der Waals surface area (Å²) in [6, 6.07) is 5.64. The van der Waals surface area contributed by atoms with Crippen molar-refractivity contribution in [2.24, 2.45) is 5.92 Å². The molecule has 0 spiro atoms. The smallest absolute Gasteiger partial charge is 0.321 e. The van der Waals surface area contributed by atoms with E-state index >= 15 is 0 Å². The molecular weight excluding hydrogens is 308 g/mol. The quantitative estimate of drug-likeness (QED) is 0.906. The fourth-order valence-electron chi connectivity index (χ4n) is 3.09. The molecule has 2 amide bonds. The summed E-state index contributed by atoms with van der Waals surface area (Å²) < 4.78 is 1.91. The molecule has 1 aliphatic rings. The topological polar surface area (TPSA) is 87.5 Å². The molecule has 0 aliphatic carbocycles. The second-order valence-corrected chi connectivity index (χ2v) is 6.51. The van der Waals surface area contributed by atoms with Crippen molar-refractivity contribution in [3.63, 3.8) is 0 Å². The number of carboxylic acid groups (broad SMARTS) is 1. The zero-order valence-electron chi connectivity index (χ0n) is 13.9. The van der Waals surface area contributed by atoms with Crippen molar-refractivity contribution in [1.82, 2.24) is 14.7 Å². The van der Waals surface area contributed by atoms with Gasteiger partial charge >= 0.3 is 12.0 Å². The lowest BCUT2D eigenvalue weighted by atomic mass is 9.99. The molecule has 2 aromatic rings. The normalized spacial score (nSPS) is 18.1. The maximum Gasteiger partial charge on any atom is 0.321 e. The number of urea groups is 1. The molecule has 0 saturated carbocycles. The number of likely N-dealkylation sites (tertiary alicyclic amines) is 1. The van der Waals surface area contributed by atoms with Gasteiger partial charge in [-0.2, -0.15) is 5.10 Å². The summed E-state index contributed by atoms with van der Waals surface area (Å²) in [6.07, 6.45) is 3.14. The Kier molecular flexibility index (Phi) is 4.42. The van der Waals surface area contributed by atoms with Gasteiger partial charge in [0.2, 0.25) is 0 Å². The minimum Gasteiger partial charge on any atom is -0.481 e. The minimum atomic E-state index is -0.838. The molecule has 7 nitrogen and oxygen atoms in total. The second-order valence-electron chi connectivity index (χ2n) is 6.51. The molecule has 1 atom stereocenters. The number of anilines is 1. The highest BCUT2D eigenvalue weighted by Gasteiger charge is 2.28. The third kappa shape index (κ3) is 3.20. The second kappa shape index (κ2) is 6.51. The van der Waals surface area contributed by atoms with Gasteiger partial charge in [0, 0.05) is 30.2 Å². The number of hydrogen-bond acceptors (Lipinski definition) is 3. The Labute approximate surface area is 140 Å². The van der Waals surface area contributed by atoms with Crippen molar-refractivity contribution in [3.8, 4) is 0 Å². The number of carbonyl (C=O) groups excluding carboxylic acids is 1. The average Bonchev–Trinajstić information content (AvgIpc) is 2.98. The van der Waals surface area contributed by atoms with Crippen LogP contribution in [0.3, 0.4) is 0 Å². The fourth-order valence-corrected chi connectivity index (χ4v) is 3.09. The molecule has 24 heavy (non-hydrogen) atoms. The number of benzene rings is 1. The molecule has 3 rings (SSSR count). The van der Waals surface area contributed by atoms with Crippen molar-refractivity contribution in [3.05, 3.63) is 24.4 Å². The predicted molar refractivity (Wildman–Crippen MR) is 91.1 cm³/mol. The molecule has 1 aliphatic heterocycles. The number of hydrogen-bond donors (Lipinski definition) is 2. The van der Waals surface area contributed by atoms with Gasteiger partial charge in [0.15, 0.2) is 0 Å². The first-order valence-corrected chi connectivity index (χ1v) is 8.21. The minimum absolute atomic E-state index is 0.229. The number of rotatable bonds is 3. The Morgan fingerprint density at radius 3 is 2.88 bits per heavy atom. The van der Waals surface area contributed by atoms with Crippen molar-refractivity contribution in [2.45, 2.75) is 32.7 Å². The number of fused-ring (bicyclic) bond motifs is 1. The maximum atomic E-state index is 12.4. The molecule has 1 saturated heterocycles. The summed E-state index contributed by atoms with van der Waals surface area (Å²) >= 11 is 0. The molecule has 1 unspecified atom stereocenters. The summed E-state index contributed by atoms with van der Waals surface area (Å²) in [5.74, 6) is -1.32. The first-order chi connectivity index (χ1) is 11.5. The number of carbonyl (C=O) groups is 2. The number of nitrogens with zero attached hydrogens (tertiary/aromatic N) is 3. The lowest BCUT2D eigenvalue weighted by Gasteiger charge is -2.30. The fraction of sp³-hybridized carbons (Fsp3) is 0.471. The van der Waals surface area contributed by atoms with Gasteiger partial charge in [0.1, 0.15) is 0 Å². The number of piperidine rings is 1. The van der Waals surface area contributed by atoms with E-state index in [-0.39, 0.29) is 18.6 Å².